The SMILES string of the molecule is O=C(Nc1cccc(C(F)(F)F)c1)N[C@@H]1COC[C@H]1Cc1ccncc1. The Balaban J connectivity index is 1.59. The van der Waals surface area contributed by atoms with Gasteiger partial charge in [-0.3, -0.25) is 4.98 Å². The number of hydrogen-bond donors (Lipinski definition) is 2. The highest BCUT2D eigenvalue weighted by Crippen LogP contribution is 2.30. The summed E-state index contributed by atoms with van der Waals surface area (Å²) in [5.74, 6) is 0.0876. The number of rotatable bonds is 4. The van der Waals surface area contributed by atoms with Crippen LogP contribution in [-0.4, -0.2) is 30.3 Å². The first-order chi connectivity index (χ1) is 12.4. The van der Waals surface area contributed by atoms with E-state index in [2.05, 4.69) is 15.6 Å². The number of carbonyl (C=O) groups is 1. The molecule has 138 valence electrons. The van der Waals surface area contributed by atoms with Crippen LogP contribution in [0.5, 0.6) is 0 Å². The van der Waals surface area contributed by atoms with E-state index in [1.54, 1.807) is 12.4 Å². The van der Waals surface area contributed by atoms with E-state index in [0.717, 1.165) is 24.1 Å². The van der Waals surface area contributed by atoms with Crippen LogP contribution in [0.4, 0.5) is 23.7 Å². The molecule has 5 nitrogen and oxygen atoms in total. The minimum absolute atomic E-state index is 0.0851. The number of alkyl halides is 3. The predicted octanol–water partition coefficient (Wildman–Crippen LogP) is 3.48. The van der Waals surface area contributed by atoms with Crippen LogP contribution in [0.1, 0.15) is 11.1 Å². The highest BCUT2D eigenvalue weighted by molar-refractivity contribution is 5.89. The molecule has 0 unspecified atom stereocenters. The Bertz CT molecular complexity index is 753. The molecule has 2 amide bonds. The van der Waals surface area contributed by atoms with Crippen LogP contribution < -0.4 is 10.6 Å². The Morgan fingerprint density at radius 2 is 1.96 bits per heavy atom. The van der Waals surface area contributed by atoms with Crippen LogP contribution in [0, 0.1) is 5.92 Å². The van der Waals surface area contributed by atoms with Gasteiger partial charge in [-0.05, 0) is 42.3 Å². The Morgan fingerprint density at radius 1 is 1.19 bits per heavy atom. The second-order valence-corrected chi connectivity index (χ2v) is 6.14. The average Bonchev–Trinajstić information content (AvgIpc) is 3.02. The highest BCUT2D eigenvalue weighted by atomic mass is 19.4. The second kappa shape index (κ2) is 7.74. The van der Waals surface area contributed by atoms with Crippen molar-refractivity contribution in [2.75, 3.05) is 18.5 Å². The standard InChI is InChI=1S/C18H18F3N3O2/c19-18(20,21)14-2-1-3-15(9-14)23-17(25)24-16-11-26-10-13(16)8-12-4-6-22-7-5-12/h1-7,9,13,16H,8,10-11H2,(H2,23,24,25)/t13-,16-/m1/s1. The molecule has 2 atom stereocenters. The van der Waals surface area contributed by atoms with Gasteiger partial charge in [0.1, 0.15) is 0 Å². The topological polar surface area (TPSA) is 63.2 Å². The molecular weight excluding hydrogens is 347 g/mol. The molecule has 1 fully saturated rings. The van der Waals surface area contributed by atoms with Crippen molar-refractivity contribution in [1.29, 1.82) is 0 Å². The summed E-state index contributed by atoms with van der Waals surface area (Å²) in [5.41, 5.74) is 0.359. The van der Waals surface area contributed by atoms with Gasteiger partial charge in [0.2, 0.25) is 0 Å². The van der Waals surface area contributed by atoms with Crippen molar-refractivity contribution in [2.24, 2.45) is 5.92 Å². The number of anilines is 1. The van der Waals surface area contributed by atoms with Crippen molar-refractivity contribution in [1.82, 2.24) is 10.3 Å². The van der Waals surface area contributed by atoms with Crippen LogP contribution >= 0.6 is 0 Å². The maximum Gasteiger partial charge on any atom is 0.416 e. The first kappa shape index (κ1) is 18.2. The van der Waals surface area contributed by atoms with Gasteiger partial charge in [0.15, 0.2) is 0 Å². The third kappa shape index (κ3) is 4.72. The van der Waals surface area contributed by atoms with E-state index >= 15 is 0 Å². The summed E-state index contributed by atoms with van der Waals surface area (Å²) in [6.07, 6.45) is -0.331. The molecule has 26 heavy (non-hydrogen) atoms. The number of ether oxygens (including phenoxy) is 1. The Labute approximate surface area is 148 Å². The Kier molecular flexibility index (Phi) is 5.41. The molecule has 1 aliphatic rings. The molecule has 0 radical (unpaired) electrons. The fourth-order valence-corrected chi connectivity index (χ4v) is 2.89. The number of carbonyl (C=O) groups excluding carboxylic acids is 1. The van der Waals surface area contributed by atoms with E-state index in [-0.39, 0.29) is 17.6 Å². The monoisotopic (exact) mass is 365 g/mol. The molecule has 3 rings (SSSR count). The molecule has 2 N–H and O–H groups in total. The minimum atomic E-state index is -4.46. The first-order valence-electron chi connectivity index (χ1n) is 8.13. The Hall–Kier alpha value is -2.61. The lowest BCUT2D eigenvalue weighted by Crippen LogP contribution is -2.42. The molecule has 1 aromatic heterocycles. The molecule has 2 aromatic rings. The van der Waals surface area contributed by atoms with Crippen molar-refractivity contribution >= 4 is 11.7 Å². The van der Waals surface area contributed by atoms with E-state index in [0.29, 0.717) is 13.2 Å². The predicted molar refractivity (Wildman–Crippen MR) is 89.6 cm³/mol. The first-order valence-corrected chi connectivity index (χ1v) is 8.13. The molecule has 1 saturated heterocycles. The molecule has 0 spiro atoms. The number of urea groups is 1. The minimum Gasteiger partial charge on any atom is -0.379 e. The second-order valence-electron chi connectivity index (χ2n) is 6.14. The zero-order valence-electron chi connectivity index (χ0n) is 13.8. The maximum atomic E-state index is 12.7. The van der Waals surface area contributed by atoms with Gasteiger partial charge in [-0.25, -0.2) is 4.79 Å². The number of pyridine rings is 1. The van der Waals surface area contributed by atoms with E-state index in [1.807, 2.05) is 12.1 Å². The molecule has 1 aromatic carbocycles. The summed E-state index contributed by atoms with van der Waals surface area (Å²) in [7, 11) is 0. The lowest BCUT2D eigenvalue weighted by Gasteiger charge is -2.19. The average molecular weight is 365 g/mol. The third-order valence-electron chi connectivity index (χ3n) is 4.21. The number of benzene rings is 1. The smallest absolute Gasteiger partial charge is 0.379 e. The van der Waals surface area contributed by atoms with E-state index < -0.39 is 17.8 Å². The quantitative estimate of drug-likeness (QED) is 0.872. The van der Waals surface area contributed by atoms with Crippen molar-refractivity contribution in [3.05, 3.63) is 59.9 Å². The summed E-state index contributed by atoms with van der Waals surface area (Å²) < 4.78 is 43.7. The van der Waals surface area contributed by atoms with Gasteiger partial charge >= 0.3 is 12.2 Å². The zero-order chi connectivity index (χ0) is 18.6. The van der Waals surface area contributed by atoms with Crippen molar-refractivity contribution in [3.8, 4) is 0 Å². The van der Waals surface area contributed by atoms with E-state index in [1.165, 1.54) is 12.1 Å². The van der Waals surface area contributed by atoms with Crippen LogP contribution in [0.25, 0.3) is 0 Å². The van der Waals surface area contributed by atoms with Crippen molar-refractivity contribution in [2.45, 2.75) is 18.6 Å². The number of nitrogens with zero attached hydrogens (tertiary/aromatic N) is 1. The fraction of sp³-hybridized carbons (Fsp3) is 0.333. The largest absolute Gasteiger partial charge is 0.416 e. The molecule has 0 bridgehead atoms. The van der Waals surface area contributed by atoms with E-state index in [4.69, 9.17) is 4.74 Å². The van der Waals surface area contributed by atoms with Crippen LogP contribution in [0.15, 0.2) is 48.8 Å². The van der Waals surface area contributed by atoms with Gasteiger partial charge < -0.3 is 15.4 Å². The molecule has 2 heterocycles. The summed E-state index contributed by atoms with van der Waals surface area (Å²) in [5, 5.41) is 5.23. The summed E-state index contributed by atoms with van der Waals surface area (Å²) in [4.78, 5) is 16.1. The molecule has 0 aliphatic carbocycles. The number of nitrogens with one attached hydrogen (secondary N) is 2. The van der Waals surface area contributed by atoms with Crippen LogP contribution in [-0.2, 0) is 17.3 Å². The highest BCUT2D eigenvalue weighted by Gasteiger charge is 2.31. The Morgan fingerprint density at radius 3 is 2.69 bits per heavy atom. The van der Waals surface area contributed by atoms with Gasteiger partial charge in [-0.2, -0.15) is 13.2 Å². The van der Waals surface area contributed by atoms with Gasteiger partial charge in [0.05, 0.1) is 24.8 Å². The molecule has 8 heteroatoms. The zero-order valence-corrected chi connectivity index (χ0v) is 13.8. The van der Waals surface area contributed by atoms with Gasteiger partial charge in [-0.15, -0.1) is 0 Å². The van der Waals surface area contributed by atoms with Gasteiger partial charge in [-0.1, -0.05) is 6.07 Å². The lowest BCUT2D eigenvalue weighted by molar-refractivity contribution is -0.137. The van der Waals surface area contributed by atoms with Crippen molar-refractivity contribution < 1.29 is 22.7 Å². The number of aromatic nitrogens is 1. The number of amides is 2. The summed E-state index contributed by atoms with van der Waals surface area (Å²) in [6.45, 7) is 0.878. The third-order valence-corrected chi connectivity index (χ3v) is 4.21. The normalized spacial score (nSPS) is 20.0. The van der Waals surface area contributed by atoms with Gasteiger partial charge in [0, 0.05) is 24.0 Å². The summed E-state index contributed by atoms with van der Waals surface area (Å²) >= 11 is 0. The van der Waals surface area contributed by atoms with Crippen LogP contribution in [0.2, 0.25) is 0 Å². The van der Waals surface area contributed by atoms with Crippen molar-refractivity contribution in [3.63, 3.8) is 0 Å². The molecule has 0 saturated carbocycles. The van der Waals surface area contributed by atoms with Crippen LogP contribution in [0.3, 0.4) is 0 Å². The van der Waals surface area contributed by atoms with E-state index in [9.17, 15) is 18.0 Å². The lowest BCUT2D eigenvalue weighted by atomic mass is 9.95. The molecule has 1 aliphatic heterocycles. The fourth-order valence-electron chi connectivity index (χ4n) is 2.89. The number of halogens is 3. The maximum absolute atomic E-state index is 12.7. The number of hydrogen-bond acceptors (Lipinski definition) is 3. The summed E-state index contributed by atoms with van der Waals surface area (Å²) in [6, 6.07) is 7.56. The van der Waals surface area contributed by atoms with Gasteiger partial charge in [0.25, 0.3) is 0 Å². The molecular formula is C18H18F3N3O2.